The van der Waals surface area contributed by atoms with E-state index in [2.05, 4.69) is 5.10 Å². The van der Waals surface area contributed by atoms with Crippen molar-refractivity contribution < 1.29 is 42.1 Å². The van der Waals surface area contributed by atoms with Crippen LogP contribution in [0.1, 0.15) is 54.3 Å². The van der Waals surface area contributed by atoms with E-state index in [0.717, 1.165) is 11.3 Å². The molecule has 1 fully saturated rings. The maximum atomic E-state index is 14.3. The number of ether oxygens (including phenoxy) is 4. The molecule has 5 rings (SSSR count). The number of aromatic nitrogens is 2. The largest absolute Gasteiger partial charge is 0.493 e. The van der Waals surface area contributed by atoms with Crippen molar-refractivity contribution in [1.82, 2.24) is 14.1 Å². The van der Waals surface area contributed by atoms with Crippen LogP contribution in [0.2, 0.25) is 0 Å². The number of rotatable bonds is 14. The van der Waals surface area contributed by atoms with Crippen molar-refractivity contribution in [2.45, 2.75) is 63.0 Å². The average Bonchev–Trinajstić information content (AvgIpc) is 3.43. The molecule has 2 heterocycles. The fraction of sp³-hybridized carbons (Fsp3) is 0.361. The zero-order valence-corrected chi connectivity index (χ0v) is 28.8. The number of carbonyl (C=O) groups excluding carboxylic acids is 1. The number of hydrogen-bond acceptors (Lipinski definition) is 9. The van der Waals surface area contributed by atoms with E-state index in [9.17, 15) is 18.0 Å². The SMILES string of the molecule is COc1ccc(CC[C@@H](OC(=O)C2CCCCN2S(=O)(=O)c2c(C)nn(-c3ccccc3)c2C)c2cccc(OCC(=O)O)c2)cc1OC. The lowest BCUT2D eigenvalue weighted by Crippen LogP contribution is -2.49. The second-order valence-electron chi connectivity index (χ2n) is 11.8. The minimum absolute atomic E-state index is 0.0735. The van der Waals surface area contributed by atoms with Crippen LogP contribution in [0.25, 0.3) is 5.69 Å². The van der Waals surface area contributed by atoms with Crippen molar-refractivity contribution in [3.63, 3.8) is 0 Å². The molecule has 1 saturated heterocycles. The summed E-state index contributed by atoms with van der Waals surface area (Å²) in [5, 5.41) is 13.6. The summed E-state index contributed by atoms with van der Waals surface area (Å²) in [4.78, 5) is 25.3. The van der Waals surface area contributed by atoms with Crippen molar-refractivity contribution in [3.8, 4) is 22.9 Å². The van der Waals surface area contributed by atoms with Gasteiger partial charge in [0.25, 0.3) is 0 Å². The van der Waals surface area contributed by atoms with Gasteiger partial charge in [0.1, 0.15) is 22.8 Å². The van der Waals surface area contributed by atoms with Crippen LogP contribution in [0.3, 0.4) is 0 Å². The quantitative estimate of drug-likeness (QED) is 0.170. The summed E-state index contributed by atoms with van der Waals surface area (Å²) in [5.74, 6) is -0.350. The van der Waals surface area contributed by atoms with Gasteiger partial charge < -0.3 is 24.1 Å². The van der Waals surface area contributed by atoms with E-state index in [-0.39, 0.29) is 11.4 Å². The molecular formula is C36H41N3O9S. The summed E-state index contributed by atoms with van der Waals surface area (Å²) in [6, 6.07) is 20.5. The third-order valence-corrected chi connectivity index (χ3v) is 10.7. The van der Waals surface area contributed by atoms with Gasteiger partial charge in [-0.3, -0.25) is 4.79 Å². The highest BCUT2D eigenvalue weighted by Gasteiger charge is 2.42. The molecular weight excluding hydrogens is 650 g/mol. The molecule has 1 aromatic heterocycles. The van der Waals surface area contributed by atoms with Crippen molar-refractivity contribution in [3.05, 3.63) is 95.3 Å². The highest BCUT2D eigenvalue weighted by Crippen LogP contribution is 2.34. The number of carboxylic acid groups (broad SMARTS) is 1. The lowest BCUT2D eigenvalue weighted by Gasteiger charge is -2.34. The number of hydrogen-bond donors (Lipinski definition) is 1. The molecule has 2 atom stereocenters. The zero-order valence-electron chi connectivity index (χ0n) is 28.0. The number of para-hydroxylation sites is 1. The first-order valence-corrected chi connectivity index (χ1v) is 17.5. The number of carboxylic acids is 1. The van der Waals surface area contributed by atoms with E-state index in [1.165, 1.54) is 4.31 Å². The van der Waals surface area contributed by atoms with Gasteiger partial charge in [-0.2, -0.15) is 9.40 Å². The molecule has 0 saturated carbocycles. The number of nitrogens with zero attached hydrogens (tertiary/aromatic N) is 3. The van der Waals surface area contributed by atoms with Crippen LogP contribution in [0.5, 0.6) is 17.2 Å². The number of benzene rings is 3. The van der Waals surface area contributed by atoms with Crippen LogP contribution in [-0.4, -0.2) is 73.0 Å². The Morgan fingerprint density at radius 2 is 1.71 bits per heavy atom. The second-order valence-corrected chi connectivity index (χ2v) is 13.6. The smallest absolute Gasteiger partial charge is 0.341 e. The van der Waals surface area contributed by atoms with Crippen molar-refractivity contribution in [1.29, 1.82) is 0 Å². The van der Waals surface area contributed by atoms with E-state index < -0.39 is 40.7 Å². The second kappa shape index (κ2) is 15.6. The molecule has 0 amide bonds. The summed E-state index contributed by atoms with van der Waals surface area (Å²) in [6.07, 6.45) is 1.56. The Hall–Kier alpha value is -4.88. The van der Waals surface area contributed by atoms with Crippen molar-refractivity contribution >= 4 is 22.0 Å². The fourth-order valence-corrected chi connectivity index (χ4v) is 8.17. The molecule has 49 heavy (non-hydrogen) atoms. The number of esters is 1. The van der Waals surface area contributed by atoms with E-state index in [0.29, 0.717) is 66.3 Å². The van der Waals surface area contributed by atoms with Crippen LogP contribution >= 0.6 is 0 Å². The first-order chi connectivity index (χ1) is 23.5. The number of aryl methyl sites for hydroxylation is 2. The van der Waals surface area contributed by atoms with Gasteiger partial charge in [0.2, 0.25) is 10.0 Å². The van der Waals surface area contributed by atoms with Gasteiger partial charge in [-0.05, 0) is 93.5 Å². The summed E-state index contributed by atoms with van der Waals surface area (Å²) in [7, 11) is -1.04. The van der Waals surface area contributed by atoms with Gasteiger partial charge in [0, 0.05) is 6.54 Å². The summed E-state index contributed by atoms with van der Waals surface area (Å²) < 4.78 is 53.9. The molecule has 1 aliphatic heterocycles. The van der Waals surface area contributed by atoms with E-state index >= 15 is 0 Å². The first-order valence-electron chi connectivity index (χ1n) is 16.0. The van der Waals surface area contributed by atoms with Crippen molar-refractivity contribution in [2.24, 2.45) is 0 Å². The van der Waals surface area contributed by atoms with Crippen LogP contribution < -0.4 is 14.2 Å². The number of methoxy groups -OCH3 is 2. The maximum Gasteiger partial charge on any atom is 0.341 e. The molecule has 0 bridgehead atoms. The number of piperidine rings is 1. The number of sulfonamides is 1. The third kappa shape index (κ3) is 8.06. The van der Waals surface area contributed by atoms with Crippen LogP contribution in [0, 0.1) is 13.8 Å². The molecule has 12 nitrogen and oxygen atoms in total. The van der Waals surface area contributed by atoms with Crippen LogP contribution in [0.15, 0.2) is 77.7 Å². The highest BCUT2D eigenvalue weighted by atomic mass is 32.2. The summed E-state index contributed by atoms with van der Waals surface area (Å²) in [5.41, 5.74) is 3.00. The van der Waals surface area contributed by atoms with E-state index in [1.807, 2.05) is 42.5 Å². The van der Waals surface area contributed by atoms with Gasteiger partial charge in [-0.15, -0.1) is 0 Å². The minimum Gasteiger partial charge on any atom is -0.493 e. The molecule has 1 N–H and O–H groups in total. The molecule has 0 spiro atoms. The topological polar surface area (TPSA) is 146 Å². The predicted octanol–water partition coefficient (Wildman–Crippen LogP) is 5.43. The molecule has 13 heteroatoms. The fourth-order valence-electron chi connectivity index (χ4n) is 6.16. The molecule has 3 aromatic carbocycles. The maximum absolute atomic E-state index is 14.3. The van der Waals surface area contributed by atoms with E-state index in [4.69, 9.17) is 24.1 Å². The standard InChI is InChI=1S/C36H41N3O9S/c1-24-35(25(2)39(37-24)28-12-6-5-7-13-28)49(43,44)38-20-9-8-15-30(38)36(42)48-31(27-11-10-14-29(22-27)47-23-34(40)41)18-16-26-17-19-32(45-3)33(21-26)46-4/h5-7,10-14,17,19,21-22,30-31H,8-9,15-16,18,20,23H2,1-4H3,(H,40,41)/t30?,31-/m1/s1. The molecule has 1 aliphatic rings. The summed E-state index contributed by atoms with van der Waals surface area (Å²) in [6.45, 7) is 2.99. The Labute approximate surface area is 286 Å². The Morgan fingerprint density at radius 3 is 2.43 bits per heavy atom. The third-order valence-electron chi connectivity index (χ3n) is 8.51. The predicted molar refractivity (Wildman–Crippen MR) is 181 cm³/mol. The van der Waals surface area contributed by atoms with Crippen molar-refractivity contribution in [2.75, 3.05) is 27.4 Å². The normalized spacial score (nSPS) is 15.7. The minimum atomic E-state index is -4.15. The Bertz CT molecular complexity index is 1890. The molecule has 0 radical (unpaired) electrons. The Balaban J connectivity index is 1.43. The van der Waals surface area contributed by atoms with Crippen LogP contribution in [-0.2, 0) is 30.8 Å². The van der Waals surface area contributed by atoms with Gasteiger partial charge in [0.15, 0.2) is 18.1 Å². The monoisotopic (exact) mass is 691 g/mol. The van der Waals surface area contributed by atoms with Gasteiger partial charge in [-0.25, -0.2) is 17.9 Å². The van der Waals surface area contributed by atoms with E-state index in [1.54, 1.807) is 63.1 Å². The molecule has 4 aromatic rings. The lowest BCUT2D eigenvalue weighted by atomic mass is 10.00. The van der Waals surface area contributed by atoms with Gasteiger partial charge >= 0.3 is 11.9 Å². The Kier molecular flexibility index (Phi) is 11.2. The molecule has 0 aliphatic carbocycles. The zero-order chi connectivity index (χ0) is 35.1. The number of aliphatic carboxylic acids is 1. The molecule has 260 valence electrons. The van der Waals surface area contributed by atoms with Gasteiger partial charge in [0.05, 0.1) is 31.3 Å². The number of carbonyl (C=O) groups is 2. The molecule has 1 unspecified atom stereocenters. The average molecular weight is 692 g/mol. The van der Waals surface area contributed by atoms with Gasteiger partial charge in [-0.1, -0.05) is 36.4 Å². The van der Waals surface area contributed by atoms with Crippen LogP contribution in [0.4, 0.5) is 0 Å². The Morgan fingerprint density at radius 1 is 0.959 bits per heavy atom. The summed E-state index contributed by atoms with van der Waals surface area (Å²) >= 11 is 0. The first kappa shape index (κ1) is 35.4. The lowest BCUT2D eigenvalue weighted by molar-refractivity contribution is -0.155. The highest BCUT2D eigenvalue weighted by molar-refractivity contribution is 7.89.